The van der Waals surface area contributed by atoms with Crippen LogP contribution in [0.4, 0.5) is 10.1 Å². The van der Waals surface area contributed by atoms with Crippen molar-refractivity contribution in [3.63, 3.8) is 0 Å². The summed E-state index contributed by atoms with van der Waals surface area (Å²) in [6.07, 6.45) is 1.50. The van der Waals surface area contributed by atoms with Crippen LogP contribution < -0.4 is 4.90 Å². The van der Waals surface area contributed by atoms with Gasteiger partial charge in [0, 0.05) is 51.0 Å². The quantitative estimate of drug-likeness (QED) is 0.787. The Bertz CT molecular complexity index is 893. The van der Waals surface area contributed by atoms with Gasteiger partial charge in [0.15, 0.2) is 0 Å². The van der Waals surface area contributed by atoms with Gasteiger partial charge in [0.2, 0.25) is 0 Å². The molecule has 0 aliphatic carbocycles. The summed E-state index contributed by atoms with van der Waals surface area (Å²) in [5, 5.41) is 0. The van der Waals surface area contributed by atoms with Crippen LogP contribution in [0.1, 0.15) is 20.8 Å². The summed E-state index contributed by atoms with van der Waals surface area (Å²) in [7, 11) is 0. The highest BCUT2D eigenvalue weighted by molar-refractivity contribution is 5.98. The molecule has 29 heavy (non-hydrogen) atoms. The highest BCUT2D eigenvalue weighted by atomic mass is 19.1. The zero-order valence-electron chi connectivity index (χ0n) is 16.1. The Morgan fingerprint density at radius 3 is 2.31 bits per heavy atom. The third-order valence-corrected chi connectivity index (χ3v) is 5.28. The molecule has 0 radical (unpaired) electrons. The number of hydrogen-bond donors (Lipinski definition) is 0. The highest BCUT2D eigenvalue weighted by Gasteiger charge is 2.25. The van der Waals surface area contributed by atoms with E-state index in [1.54, 1.807) is 40.1 Å². The predicted octanol–water partition coefficient (Wildman–Crippen LogP) is 1.66. The van der Waals surface area contributed by atoms with Crippen molar-refractivity contribution in [2.45, 2.75) is 0 Å². The Hall–Kier alpha value is -3.00. The molecule has 152 valence electrons. The van der Waals surface area contributed by atoms with Gasteiger partial charge in [-0.25, -0.2) is 4.39 Å². The summed E-state index contributed by atoms with van der Waals surface area (Å²) < 4.78 is 19.3. The van der Waals surface area contributed by atoms with E-state index in [0.29, 0.717) is 63.7 Å². The topological polar surface area (TPSA) is 66.0 Å². The number of rotatable bonds is 3. The summed E-state index contributed by atoms with van der Waals surface area (Å²) in [4.78, 5) is 35.1. The number of nitrogens with zero attached hydrogens (tertiary/aromatic N) is 4. The van der Waals surface area contributed by atoms with Crippen molar-refractivity contribution in [1.29, 1.82) is 0 Å². The van der Waals surface area contributed by atoms with E-state index < -0.39 is 0 Å². The molecule has 3 heterocycles. The van der Waals surface area contributed by atoms with Gasteiger partial charge in [-0.1, -0.05) is 12.1 Å². The first-order valence-corrected chi connectivity index (χ1v) is 9.75. The fourth-order valence-corrected chi connectivity index (χ4v) is 3.65. The van der Waals surface area contributed by atoms with Crippen LogP contribution in [0.25, 0.3) is 0 Å². The third-order valence-electron chi connectivity index (χ3n) is 5.28. The van der Waals surface area contributed by atoms with Crippen LogP contribution >= 0.6 is 0 Å². The largest absolute Gasteiger partial charge is 0.378 e. The summed E-state index contributed by atoms with van der Waals surface area (Å²) in [5.74, 6) is -0.586. The second-order valence-corrected chi connectivity index (χ2v) is 7.06. The Labute approximate surface area is 168 Å². The molecule has 7 nitrogen and oxygen atoms in total. The first-order valence-electron chi connectivity index (χ1n) is 9.75. The molecule has 4 rings (SSSR count). The summed E-state index contributed by atoms with van der Waals surface area (Å²) in [6, 6.07) is 9.85. The lowest BCUT2D eigenvalue weighted by molar-refractivity contribution is 0.0299. The van der Waals surface area contributed by atoms with E-state index in [4.69, 9.17) is 4.74 Å². The molecular weight excluding hydrogens is 375 g/mol. The number of piperazine rings is 1. The van der Waals surface area contributed by atoms with Crippen LogP contribution in [0.3, 0.4) is 0 Å². The Kier molecular flexibility index (Phi) is 5.71. The zero-order valence-corrected chi connectivity index (χ0v) is 16.1. The number of ether oxygens (including phenoxy) is 1. The van der Waals surface area contributed by atoms with E-state index in [0.717, 1.165) is 0 Å². The van der Waals surface area contributed by atoms with Crippen LogP contribution in [-0.2, 0) is 4.74 Å². The summed E-state index contributed by atoms with van der Waals surface area (Å²) in [5.41, 5.74) is 1.26. The molecule has 0 atom stereocenters. The second kappa shape index (κ2) is 8.57. The first-order chi connectivity index (χ1) is 14.1. The minimum Gasteiger partial charge on any atom is -0.378 e. The number of carbonyl (C=O) groups is 2. The van der Waals surface area contributed by atoms with Crippen LogP contribution in [-0.4, -0.2) is 79.1 Å². The lowest BCUT2D eigenvalue weighted by atomic mass is 10.1. The van der Waals surface area contributed by atoms with Crippen molar-refractivity contribution in [2.75, 3.05) is 57.4 Å². The predicted molar refractivity (Wildman–Crippen MR) is 105 cm³/mol. The SMILES string of the molecule is O=C(c1ccnc(C(=O)N2CCOCC2)c1)N1CCN(c2ccccc2F)CC1. The van der Waals surface area contributed by atoms with Gasteiger partial charge in [-0.05, 0) is 24.3 Å². The number of amides is 2. The molecule has 2 amide bonds. The smallest absolute Gasteiger partial charge is 0.272 e. The number of anilines is 1. The maximum absolute atomic E-state index is 14.0. The van der Waals surface area contributed by atoms with Gasteiger partial charge in [-0.3, -0.25) is 14.6 Å². The van der Waals surface area contributed by atoms with Gasteiger partial charge in [0.1, 0.15) is 11.5 Å². The van der Waals surface area contributed by atoms with Crippen molar-refractivity contribution in [2.24, 2.45) is 0 Å². The molecule has 2 saturated heterocycles. The standard InChI is InChI=1S/C21H23FN4O3/c22-17-3-1-2-4-19(17)24-7-9-25(10-8-24)20(27)16-5-6-23-18(15-16)21(28)26-11-13-29-14-12-26/h1-6,15H,7-14H2. The molecule has 0 N–H and O–H groups in total. The van der Waals surface area contributed by atoms with Crippen molar-refractivity contribution in [3.05, 3.63) is 59.7 Å². The maximum Gasteiger partial charge on any atom is 0.272 e. The molecule has 0 saturated carbocycles. The number of benzene rings is 1. The van der Waals surface area contributed by atoms with Gasteiger partial charge in [0.25, 0.3) is 11.8 Å². The number of morpholine rings is 1. The average molecular weight is 398 g/mol. The molecule has 0 bridgehead atoms. The van der Waals surface area contributed by atoms with Gasteiger partial charge < -0.3 is 19.4 Å². The lowest BCUT2D eigenvalue weighted by Gasteiger charge is -2.36. The van der Waals surface area contributed by atoms with Crippen molar-refractivity contribution < 1.29 is 18.7 Å². The number of halogens is 1. The average Bonchev–Trinajstić information content (AvgIpc) is 2.79. The van der Waals surface area contributed by atoms with Crippen LogP contribution in [0.15, 0.2) is 42.6 Å². The molecule has 2 aliphatic heterocycles. The third kappa shape index (κ3) is 4.22. The molecule has 2 aliphatic rings. The van der Waals surface area contributed by atoms with Gasteiger partial charge in [-0.15, -0.1) is 0 Å². The Balaban J connectivity index is 1.41. The van der Waals surface area contributed by atoms with Crippen molar-refractivity contribution in [3.8, 4) is 0 Å². The summed E-state index contributed by atoms with van der Waals surface area (Å²) >= 11 is 0. The van der Waals surface area contributed by atoms with Gasteiger partial charge in [0.05, 0.1) is 18.9 Å². The number of aromatic nitrogens is 1. The van der Waals surface area contributed by atoms with Crippen LogP contribution in [0.5, 0.6) is 0 Å². The van der Waals surface area contributed by atoms with E-state index in [1.807, 2.05) is 4.90 Å². The Morgan fingerprint density at radius 2 is 1.59 bits per heavy atom. The fraction of sp³-hybridized carbons (Fsp3) is 0.381. The van der Waals surface area contributed by atoms with Crippen LogP contribution in [0, 0.1) is 5.82 Å². The Morgan fingerprint density at radius 1 is 0.897 bits per heavy atom. The van der Waals surface area contributed by atoms with Crippen LogP contribution in [0.2, 0.25) is 0 Å². The fourth-order valence-electron chi connectivity index (χ4n) is 3.65. The number of carbonyl (C=O) groups excluding carboxylic acids is 2. The molecule has 2 aromatic rings. The highest BCUT2D eigenvalue weighted by Crippen LogP contribution is 2.21. The number of hydrogen-bond acceptors (Lipinski definition) is 5. The van der Waals surface area contributed by atoms with E-state index in [1.165, 1.54) is 12.3 Å². The van der Waals surface area contributed by atoms with E-state index in [9.17, 15) is 14.0 Å². The van der Waals surface area contributed by atoms with Gasteiger partial charge >= 0.3 is 0 Å². The second-order valence-electron chi connectivity index (χ2n) is 7.06. The molecule has 0 spiro atoms. The van der Waals surface area contributed by atoms with Gasteiger partial charge in [-0.2, -0.15) is 0 Å². The minimum atomic E-state index is -0.257. The number of para-hydroxylation sites is 1. The van der Waals surface area contributed by atoms with E-state index >= 15 is 0 Å². The van der Waals surface area contributed by atoms with E-state index in [2.05, 4.69) is 4.98 Å². The van der Waals surface area contributed by atoms with Crippen molar-refractivity contribution in [1.82, 2.24) is 14.8 Å². The zero-order chi connectivity index (χ0) is 20.2. The molecule has 0 unspecified atom stereocenters. The monoisotopic (exact) mass is 398 g/mol. The molecular formula is C21H23FN4O3. The van der Waals surface area contributed by atoms with Crippen molar-refractivity contribution >= 4 is 17.5 Å². The lowest BCUT2D eigenvalue weighted by Crippen LogP contribution is -2.49. The minimum absolute atomic E-state index is 0.142. The first kappa shape index (κ1) is 19.3. The molecule has 1 aromatic heterocycles. The van der Waals surface area contributed by atoms with E-state index in [-0.39, 0.29) is 23.3 Å². The summed E-state index contributed by atoms with van der Waals surface area (Å²) in [6.45, 7) is 4.15. The molecule has 8 heteroatoms. The number of pyridine rings is 1. The maximum atomic E-state index is 14.0. The molecule has 1 aromatic carbocycles. The normalized spacial score (nSPS) is 17.3. The molecule has 2 fully saturated rings.